The van der Waals surface area contributed by atoms with Crippen LogP contribution < -0.4 is 5.32 Å². The Morgan fingerprint density at radius 1 is 1.29 bits per heavy atom. The Hall–Kier alpha value is -2.25. The van der Waals surface area contributed by atoms with E-state index in [-0.39, 0.29) is 0 Å². The number of thiophene rings is 1. The fourth-order valence-corrected chi connectivity index (χ4v) is 4.02. The van der Waals surface area contributed by atoms with Crippen LogP contribution in [0.25, 0.3) is 16.2 Å². The van der Waals surface area contributed by atoms with Gasteiger partial charge in [0.1, 0.15) is 5.82 Å². The summed E-state index contributed by atoms with van der Waals surface area (Å²) < 4.78 is 2.90. The molecule has 4 rings (SSSR count). The predicted octanol–water partition coefficient (Wildman–Crippen LogP) is 4.54. The summed E-state index contributed by atoms with van der Waals surface area (Å²) in [6, 6.07) is 8.05. The van der Waals surface area contributed by atoms with Crippen LogP contribution >= 0.6 is 27.3 Å². The minimum Gasteiger partial charge on any atom is -0.366 e. The Morgan fingerprint density at radius 2 is 2.21 bits per heavy atom. The first-order valence-corrected chi connectivity index (χ1v) is 9.11. The smallest absolute Gasteiger partial charge is 0.160 e. The van der Waals surface area contributed by atoms with E-state index in [1.165, 1.54) is 0 Å². The first-order chi connectivity index (χ1) is 11.7. The van der Waals surface area contributed by atoms with Gasteiger partial charge in [0.15, 0.2) is 5.65 Å². The summed E-state index contributed by atoms with van der Waals surface area (Å²) in [6.07, 6.45) is 5.47. The molecule has 4 aromatic rings. The monoisotopic (exact) mass is 399 g/mol. The number of rotatable bonds is 4. The van der Waals surface area contributed by atoms with Gasteiger partial charge in [-0.3, -0.25) is 4.98 Å². The van der Waals surface area contributed by atoms with Gasteiger partial charge in [0.2, 0.25) is 0 Å². The molecule has 5 nitrogen and oxygen atoms in total. The van der Waals surface area contributed by atoms with Crippen LogP contribution in [-0.2, 0) is 6.54 Å². The number of nitrogens with one attached hydrogen (secondary N) is 1. The summed E-state index contributed by atoms with van der Waals surface area (Å²) in [7, 11) is 0. The van der Waals surface area contributed by atoms with Gasteiger partial charge in [0.05, 0.1) is 16.8 Å². The van der Waals surface area contributed by atoms with E-state index < -0.39 is 0 Å². The van der Waals surface area contributed by atoms with E-state index in [1.807, 2.05) is 48.1 Å². The van der Waals surface area contributed by atoms with Crippen molar-refractivity contribution < 1.29 is 0 Å². The van der Waals surface area contributed by atoms with Crippen LogP contribution in [0.1, 0.15) is 11.1 Å². The Balaban J connectivity index is 1.77. The van der Waals surface area contributed by atoms with E-state index in [1.54, 1.807) is 17.5 Å². The van der Waals surface area contributed by atoms with E-state index in [2.05, 4.69) is 36.7 Å². The summed E-state index contributed by atoms with van der Waals surface area (Å²) in [5.41, 5.74) is 3.96. The molecule has 4 heterocycles. The quantitative estimate of drug-likeness (QED) is 0.547. The lowest BCUT2D eigenvalue weighted by Gasteiger charge is -2.10. The van der Waals surface area contributed by atoms with Crippen LogP contribution in [0.15, 0.2) is 52.7 Å². The number of aryl methyl sites for hydroxylation is 1. The standard InChI is InChI=1S/C17H14BrN5S/c1-11-8-21-23-15(20-10-12-3-2-5-19-9-12)7-14(22-17(11)23)16-13(18)4-6-24-16/h2-9,20H,10H2,1H3. The number of hydrogen-bond donors (Lipinski definition) is 1. The fraction of sp³-hybridized carbons (Fsp3) is 0.118. The second kappa shape index (κ2) is 6.33. The van der Waals surface area contributed by atoms with Crippen LogP contribution in [0.3, 0.4) is 0 Å². The second-order valence-electron chi connectivity index (χ2n) is 5.40. The molecule has 0 saturated carbocycles. The van der Waals surface area contributed by atoms with Gasteiger partial charge >= 0.3 is 0 Å². The fourth-order valence-electron chi connectivity index (χ4n) is 2.49. The molecule has 0 aromatic carbocycles. The molecule has 4 aromatic heterocycles. The Kier molecular flexibility index (Phi) is 4.03. The maximum atomic E-state index is 4.78. The molecule has 0 saturated heterocycles. The molecule has 0 fully saturated rings. The highest BCUT2D eigenvalue weighted by atomic mass is 79.9. The van der Waals surface area contributed by atoms with E-state index in [9.17, 15) is 0 Å². The topological polar surface area (TPSA) is 55.1 Å². The first kappa shape index (κ1) is 15.3. The summed E-state index contributed by atoms with van der Waals surface area (Å²) in [5, 5.41) is 9.94. The third-order valence-electron chi connectivity index (χ3n) is 3.69. The van der Waals surface area contributed by atoms with E-state index >= 15 is 0 Å². The molecule has 1 N–H and O–H groups in total. The van der Waals surface area contributed by atoms with Crippen LogP contribution in [0.5, 0.6) is 0 Å². The van der Waals surface area contributed by atoms with Crippen LogP contribution in [0.4, 0.5) is 5.82 Å². The Morgan fingerprint density at radius 3 is 2.96 bits per heavy atom. The van der Waals surface area contributed by atoms with Crippen molar-refractivity contribution in [1.82, 2.24) is 19.6 Å². The number of pyridine rings is 1. The molecule has 0 bridgehead atoms. The molecule has 0 aliphatic heterocycles. The van der Waals surface area contributed by atoms with Gasteiger partial charge in [-0.05, 0) is 45.9 Å². The predicted molar refractivity (Wildman–Crippen MR) is 100 cm³/mol. The number of hydrogen-bond acceptors (Lipinski definition) is 5. The summed E-state index contributed by atoms with van der Waals surface area (Å²) in [6.45, 7) is 2.70. The van der Waals surface area contributed by atoms with Crippen molar-refractivity contribution in [3.05, 3.63) is 63.8 Å². The molecule has 0 atom stereocenters. The Bertz CT molecular complexity index is 993. The largest absolute Gasteiger partial charge is 0.366 e. The summed E-state index contributed by atoms with van der Waals surface area (Å²) in [4.78, 5) is 10.0. The zero-order valence-corrected chi connectivity index (χ0v) is 15.3. The van der Waals surface area contributed by atoms with Gasteiger partial charge in [0, 0.05) is 35.0 Å². The van der Waals surface area contributed by atoms with E-state index in [4.69, 9.17) is 4.98 Å². The minimum atomic E-state index is 0.677. The lowest BCUT2D eigenvalue weighted by atomic mass is 10.2. The third kappa shape index (κ3) is 2.81. The number of fused-ring (bicyclic) bond motifs is 1. The molecule has 24 heavy (non-hydrogen) atoms. The third-order valence-corrected chi connectivity index (χ3v) is 5.55. The minimum absolute atomic E-state index is 0.677. The van der Waals surface area contributed by atoms with Crippen molar-refractivity contribution in [1.29, 1.82) is 0 Å². The normalized spacial score (nSPS) is 11.1. The lowest BCUT2D eigenvalue weighted by Crippen LogP contribution is -2.07. The highest BCUT2D eigenvalue weighted by molar-refractivity contribution is 9.10. The summed E-state index contributed by atoms with van der Waals surface area (Å²) >= 11 is 5.26. The van der Waals surface area contributed by atoms with Crippen molar-refractivity contribution in [3.63, 3.8) is 0 Å². The lowest BCUT2D eigenvalue weighted by molar-refractivity contribution is 0.925. The van der Waals surface area contributed by atoms with Crippen LogP contribution in [-0.4, -0.2) is 19.6 Å². The number of aromatic nitrogens is 4. The maximum absolute atomic E-state index is 4.78. The average Bonchev–Trinajstić information content (AvgIpc) is 3.20. The molecule has 0 spiro atoms. The maximum Gasteiger partial charge on any atom is 0.160 e. The number of anilines is 1. The van der Waals surface area contributed by atoms with Crippen molar-refractivity contribution >= 4 is 38.7 Å². The first-order valence-electron chi connectivity index (χ1n) is 7.44. The molecule has 0 aliphatic carbocycles. The van der Waals surface area contributed by atoms with Gasteiger partial charge < -0.3 is 5.32 Å². The Labute approximate surface area is 151 Å². The highest BCUT2D eigenvalue weighted by Gasteiger charge is 2.13. The zero-order valence-electron chi connectivity index (χ0n) is 12.9. The van der Waals surface area contributed by atoms with Gasteiger partial charge in [-0.25, -0.2) is 4.98 Å². The van der Waals surface area contributed by atoms with Crippen molar-refractivity contribution in [2.75, 3.05) is 5.32 Å². The number of halogens is 1. The van der Waals surface area contributed by atoms with Crippen molar-refractivity contribution in [2.24, 2.45) is 0 Å². The highest BCUT2D eigenvalue weighted by Crippen LogP contribution is 2.34. The van der Waals surface area contributed by atoms with Gasteiger partial charge in [-0.1, -0.05) is 6.07 Å². The van der Waals surface area contributed by atoms with Crippen LogP contribution in [0, 0.1) is 6.92 Å². The molecular weight excluding hydrogens is 386 g/mol. The van der Waals surface area contributed by atoms with E-state index in [0.717, 1.165) is 37.6 Å². The van der Waals surface area contributed by atoms with Gasteiger partial charge in [-0.2, -0.15) is 9.61 Å². The van der Waals surface area contributed by atoms with Crippen molar-refractivity contribution in [2.45, 2.75) is 13.5 Å². The molecule has 0 aliphatic rings. The molecule has 120 valence electrons. The SMILES string of the molecule is Cc1cnn2c(NCc3cccnc3)cc(-c3sccc3Br)nc12. The van der Waals surface area contributed by atoms with Crippen molar-refractivity contribution in [3.8, 4) is 10.6 Å². The molecular formula is C17H14BrN5S. The van der Waals surface area contributed by atoms with E-state index in [0.29, 0.717) is 6.54 Å². The van der Waals surface area contributed by atoms with Crippen LogP contribution in [0.2, 0.25) is 0 Å². The molecule has 0 radical (unpaired) electrons. The average molecular weight is 400 g/mol. The zero-order chi connectivity index (χ0) is 16.5. The summed E-state index contributed by atoms with van der Waals surface area (Å²) in [5.74, 6) is 0.909. The molecule has 7 heteroatoms. The molecule has 0 amide bonds. The van der Waals surface area contributed by atoms with Gasteiger partial charge in [-0.15, -0.1) is 11.3 Å². The number of nitrogens with zero attached hydrogens (tertiary/aromatic N) is 4. The second-order valence-corrected chi connectivity index (χ2v) is 7.17. The van der Waals surface area contributed by atoms with Gasteiger partial charge in [0.25, 0.3) is 0 Å². The molecule has 0 unspecified atom stereocenters.